The molecule has 112 valence electrons. The van der Waals surface area contributed by atoms with Crippen LogP contribution < -0.4 is 10.1 Å². The van der Waals surface area contributed by atoms with Gasteiger partial charge in [-0.25, -0.2) is 0 Å². The van der Waals surface area contributed by atoms with E-state index in [1.807, 2.05) is 24.3 Å². The van der Waals surface area contributed by atoms with Gasteiger partial charge in [-0.3, -0.25) is 4.79 Å². The lowest BCUT2D eigenvalue weighted by Gasteiger charge is -2.09. The highest BCUT2D eigenvalue weighted by Crippen LogP contribution is 2.23. The van der Waals surface area contributed by atoms with E-state index in [4.69, 9.17) is 4.74 Å². The lowest BCUT2D eigenvalue weighted by molar-refractivity contribution is 0.102. The van der Waals surface area contributed by atoms with Crippen LogP contribution in [0.3, 0.4) is 0 Å². The van der Waals surface area contributed by atoms with Gasteiger partial charge in [-0.2, -0.15) is 0 Å². The third-order valence-electron chi connectivity index (χ3n) is 3.48. The molecular formula is C17H16N2O3. The van der Waals surface area contributed by atoms with Gasteiger partial charge in [-0.05, 0) is 30.3 Å². The fourth-order valence-corrected chi connectivity index (χ4v) is 2.37. The number of carbonyl (C=O) groups is 1. The normalized spacial score (nSPS) is 10.6. The van der Waals surface area contributed by atoms with Gasteiger partial charge in [-0.1, -0.05) is 18.2 Å². The van der Waals surface area contributed by atoms with Gasteiger partial charge >= 0.3 is 0 Å². The monoisotopic (exact) mass is 296 g/mol. The summed E-state index contributed by atoms with van der Waals surface area (Å²) in [7, 11) is 1.54. The second kappa shape index (κ2) is 5.91. The molecule has 2 aromatic carbocycles. The number of hydrogen-bond donors (Lipinski definition) is 3. The molecule has 0 aliphatic rings. The molecule has 1 aromatic heterocycles. The van der Waals surface area contributed by atoms with Gasteiger partial charge in [0.2, 0.25) is 0 Å². The predicted molar refractivity (Wildman–Crippen MR) is 85.2 cm³/mol. The number of H-pyrrole nitrogens is 1. The van der Waals surface area contributed by atoms with Crippen LogP contribution >= 0.6 is 0 Å². The van der Waals surface area contributed by atoms with Crippen molar-refractivity contribution in [2.75, 3.05) is 12.4 Å². The van der Waals surface area contributed by atoms with Gasteiger partial charge in [0.15, 0.2) is 0 Å². The van der Waals surface area contributed by atoms with Crippen molar-refractivity contribution in [1.29, 1.82) is 0 Å². The number of amides is 1. The molecule has 0 saturated carbocycles. The molecular weight excluding hydrogens is 280 g/mol. The molecule has 1 heterocycles. The number of para-hydroxylation sites is 1. The highest BCUT2D eigenvalue weighted by atomic mass is 16.5. The van der Waals surface area contributed by atoms with Crippen molar-refractivity contribution in [3.05, 3.63) is 59.8 Å². The van der Waals surface area contributed by atoms with Crippen molar-refractivity contribution in [3.8, 4) is 5.75 Å². The van der Waals surface area contributed by atoms with Gasteiger partial charge in [0.05, 0.1) is 13.7 Å². The fourth-order valence-electron chi connectivity index (χ4n) is 2.37. The minimum Gasteiger partial charge on any atom is -0.496 e. The van der Waals surface area contributed by atoms with Crippen molar-refractivity contribution in [2.45, 2.75) is 6.61 Å². The van der Waals surface area contributed by atoms with Crippen LogP contribution in [-0.4, -0.2) is 23.1 Å². The standard InChI is InChI=1S/C17H16N2O3/c1-22-16-7-6-13(8-12(16)10-20)18-17(21)15-9-11-4-2-3-5-14(11)19-15/h2-9,19-20H,10H2,1H3,(H,18,21). The number of hydrogen-bond acceptors (Lipinski definition) is 3. The molecule has 0 atom stereocenters. The van der Waals surface area contributed by atoms with E-state index >= 15 is 0 Å². The molecule has 22 heavy (non-hydrogen) atoms. The number of fused-ring (bicyclic) bond motifs is 1. The topological polar surface area (TPSA) is 74.3 Å². The zero-order chi connectivity index (χ0) is 15.5. The van der Waals surface area contributed by atoms with Crippen molar-refractivity contribution >= 4 is 22.5 Å². The Kier molecular flexibility index (Phi) is 3.80. The maximum absolute atomic E-state index is 12.3. The third-order valence-corrected chi connectivity index (χ3v) is 3.48. The Balaban J connectivity index is 1.84. The van der Waals surface area contributed by atoms with E-state index in [2.05, 4.69) is 10.3 Å². The summed E-state index contributed by atoms with van der Waals surface area (Å²) in [5.74, 6) is 0.358. The number of aliphatic hydroxyl groups is 1. The first-order valence-corrected chi connectivity index (χ1v) is 6.88. The SMILES string of the molecule is COc1ccc(NC(=O)c2cc3ccccc3[nH]2)cc1CO. The summed E-state index contributed by atoms with van der Waals surface area (Å²) in [6, 6.07) is 14.7. The second-order valence-electron chi connectivity index (χ2n) is 4.91. The average molecular weight is 296 g/mol. The Morgan fingerprint density at radius 3 is 2.77 bits per heavy atom. The van der Waals surface area contributed by atoms with Crippen LogP contribution in [0.4, 0.5) is 5.69 Å². The first kappa shape index (κ1) is 14.2. The Hall–Kier alpha value is -2.79. The number of ether oxygens (including phenoxy) is 1. The first-order chi connectivity index (χ1) is 10.7. The van der Waals surface area contributed by atoms with Crippen molar-refractivity contribution in [1.82, 2.24) is 4.98 Å². The molecule has 0 radical (unpaired) electrons. The quantitative estimate of drug-likeness (QED) is 0.693. The van der Waals surface area contributed by atoms with E-state index in [-0.39, 0.29) is 12.5 Å². The fraction of sp³-hybridized carbons (Fsp3) is 0.118. The summed E-state index contributed by atoms with van der Waals surface area (Å²) in [6.07, 6.45) is 0. The molecule has 0 spiro atoms. The number of carbonyl (C=O) groups excluding carboxylic acids is 1. The minimum absolute atomic E-state index is 0.154. The number of nitrogens with one attached hydrogen (secondary N) is 2. The highest BCUT2D eigenvalue weighted by Gasteiger charge is 2.11. The predicted octanol–water partition coefficient (Wildman–Crippen LogP) is 2.92. The first-order valence-electron chi connectivity index (χ1n) is 6.88. The second-order valence-corrected chi connectivity index (χ2v) is 4.91. The smallest absolute Gasteiger partial charge is 0.272 e. The molecule has 0 aliphatic carbocycles. The number of aliphatic hydroxyl groups excluding tert-OH is 1. The van der Waals surface area contributed by atoms with E-state index < -0.39 is 0 Å². The maximum Gasteiger partial charge on any atom is 0.272 e. The molecule has 0 bridgehead atoms. The maximum atomic E-state index is 12.3. The molecule has 1 amide bonds. The summed E-state index contributed by atoms with van der Waals surface area (Å²) in [4.78, 5) is 15.4. The molecule has 5 heteroatoms. The number of aromatic amines is 1. The summed E-state index contributed by atoms with van der Waals surface area (Å²) in [6.45, 7) is -0.154. The van der Waals surface area contributed by atoms with Gasteiger partial charge < -0.3 is 20.1 Å². The highest BCUT2D eigenvalue weighted by molar-refractivity contribution is 6.05. The number of rotatable bonds is 4. The van der Waals surface area contributed by atoms with Crippen LogP contribution in [0, 0.1) is 0 Å². The average Bonchev–Trinajstić information content (AvgIpc) is 2.99. The summed E-state index contributed by atoms with van der Waals surface area (Å²) >= 11 is 0. The minimum atomic E-state index is -0.231. The lowest BCUT2D eigenvalue weighted by Crippen LogP contribution is -2.12. The van der Waals surface area contributed by atoms with E-state index in [1.54, 1.807) is 24.3 Å². The van der Waals surface area contributed by atoms with Crippen LogP contribution in [0.5, 0.6) is 5.75 Å². The Bertz CT molecular complexity index is 791. The zero-order valence-corrected chi connectivity index (χ0v) is 12.1. The molecule has 0 fully saturated rings. The summed E-state index contributed by atoms with van der Waals surface area (Å²) in [5.41, 5.74) is 2.63. The zero-order valence-electron chi connectivity index (χ0n) is 12.1. The lowest BCUT2D eigenvalue weighted by atomic mass is 10.2. The molecule has 5 nitrogen and oxygen atoms in total. The van der Waals surface area contributed by atoms with Crippen LogP contribution in [0.2, 0.25) is 0 Å². The van der Waals surface area contributed by atoms with Crippen molar-refractivity contribution in [3.63, 3.8) is 0 Å². The largest absolute Gasteiger partial charge is 0.496 e. The molecule has 0 unspecified atom stereocenters. The number of benzene rings is 2. The van der Waals surface area contributed by atoms with Crippen molar-refractivity contribution in [2.24, 2.45) is 0 Å². The van der Waals surface area contributed by atoms with Crippen LogP contribution in [0.15, 0.2) is 48.5 Å². The van der Waals surface area contributed by atoms with Crippen LogP contribution in [-0.2, 0) is 6.61 Å². The van der Waals surface area contributed by atoms with Gasteiger partial charge in [0.1, 0.15) is 11.4 Å². The Morgan fingerprint density at radius 1 is 1.23 bits per heavy atom. The van der Waals surface area contributed by atoms with Gasteiger partial charge in [-0.15, -0.1) is 0 Å². The third kappa shape index (κ3) is 2.66. The Labute approximate surface area is 127 Å². The van der Waals surface area contributed by atoms with E-state index in [0.29, 0.717) is 22.7 Å². The summed E-state index contributed by atoms with van der Waals surface area (Å²) in [5, 5.41) is 13.1. The van der Waals surface area contributed by atoms with E-state index in [0.717, 1.165) is 10.9 Å². The summed E-state index contributed by atoms with van der Waals surface area (Å²) < 4.78 is 5.14. The number of aromatic nitrogens is 1. The van der Waals surface area contributed by atoms with Crippen molar-refractivity contribution < 1.29 is 14.6 Å². The molecule has 3 rings (SSSR count). The Morgan fingerprint density at radius 2 is 2.05 bits per heavy atom. The van der Waals surface area contributed by atoms with E-state index in [1.165, 1.54) is 7.11 Å². The molecule has 0 aliphatic heterocycles. The van der Waals surface area contributed by atoms with Gasteiger partial charge in [0, 0.05) is 22.2 Å². The van der Waals surface area contributed by atoms with E-state index in [9.17, 15) is 9.90 Å². The number of anilines is 1. The van der Waals surface area contributed by atoms with Crippen LogP contribution in [0.1, 0.15) is 16.1 Å². The molecule has 3 aromatic rings. The number of methoxy groups -OCH3 is 1. The van der Waals surface area contributed by atoms with Gasteiger partial charge in [0.25, 0.3) is 5.91 Å². The molecule has 0 saturated heterocycles. The molecule has 3 N–H and O–H groups in total. The van der Waals surface area contributed by atoms with Crippen LogP contribution in [0.25, 0.3) is 10.9 Å².